The summed E-state index contributed by atoms with van der Waals surface area (Å²) in [6.45, 7) is 4.67. The summed E-state index contributed by atoms with van der Waals surface area (Å²) in [5.74, 6) is -0.200. The van der Waals surface area contributed by atoms with Gasteiger partial charge in [-0.15, -0.1) is 0 Å². The number of hydrogen-bond donors (Lipinski definition) is 2. The topological polar surface area (TPSA) is 108 Å². The molecular formula is C74H143N2O6P. The number of hydrogen-bond acceptors (Lipinski definition) is 6. The Labute approximate surface area is 518 Å². The van der Waals surface area contributed by atoms with Gasteiger partial charge in [-0.2, -0.15) is 0 Å². The molecule has 0 saturated heterocycles. The fourth-order valence-electron chi connectivity index (χ4n) is 11.1. The van der Waals surface area contributed by atoms with Crippen LogP contribution in [-0.4, -0.2) is 68.5 Å². The molecule has 3 atom stereocenters. The lowest BCUT2D eigenvalue weighted by Crippen LogP contribution is -2.45. The van der Waals surface area contributed by atoms with Gasteiger partial charge in [0.1, 0.15) is 13.2 Å². The van der Waals surface area contributed by atoms with Crippen molar-refractivity contribution in [3.8, 4) is 0 Å². The van der Waals surface area contributed by atoms with Crippen molar-refractivity contribution in [1.29, 1.82) is 0 Å². The highest BCUT2D eigenvalue weighted by Gasteiger charge is 2.23. The summed E-state index contributed by atoms with van der Waals surface area (Å²) in [5.41, 5.74) is 0. The van der Waals surface area contributed by atoms with Crippen molar-refractivity contribution < 1.29 is 32.9 Å². The van der Waals surface area contributed by atoms with Crippen molar-refractivity contribution in [3.05, 3.63) is 48.6 Å². The zero-order valence-electron chi connectivity index (χ0n) is 56.2. The van der Waals surface area contributed by atoms with Gasteiger partial charge in [0.25, 0.3) is 7.82 Å². The predicted octanol–water partition coefficient (Wildman–Crippen LogP) is 22.8. The molecule has 0 spiro atoms. The number of phosphoric acid groups is 1. The van der Waals surface area contributed by atoms with E-state index >= 15 is 0 Å². The highest BCUT2D eigenvalue weighted by molar-refractivity contribution is 7.45. The summed E-state index contributed by atoms with van der Waals surface area (Å²) in [4.78, 5) is 25.6. The largest absolute Gasteiger partial charge is 0.756 e. The molecule has 0 aromatic heterocycles. The molecule has 0 aromatic rings. The number of unbranched alkanes of at least 4 members (excludes halogenated alkanes) is 49. The van der Waals surface area contributed by atoms with E-state index in [-0.39, 0.29) is 19.1 Å². The normalized spacial score (nSPS) is 13.9. The number of carbonyl (C=O) groups is 1. The van der Waals surface area contributed by atoms with E-state index in [0.29, 0.717) is 17.4 Å². The van der Waals surface area contributed by atoms with Crippen LogP contribution in [0.25, 0.3) is 0 Å². The number of allylic oxidation sites excluding steroid dienone is 7. The van der Waals surface area contributed by atoms with Crippen molar-refractivity contribution in [2.24, 2.45) is 0 Å². The third-order valence-corrected chi connectivity index (χ3v) is 17.7. The third kappa shape index (κ3) is 67.8. The van der Waals surface area contributed by atoms with Gasteiger partial charge in [-0.25, -0.2) is 0 Å². The van der Waals surface area contributed by atoms with Crippen LogP contribution in [0.4, 0.5) is 0 Å². The monoisotopic (exact) mass is 1190 g/mol. The van der Waals surface area contributed by atoms with E-state index in [9.17, 15) is 19.4 Å². The minimum atomic E-state index is -4.61. The third-order valence-electron chi connectivity index (χ3n) is 16.8. The molecule has 0 radical (unpaired) electrons. The molecule has 0 rings (SSSR count). The molecule has 490 valence electrons. The molecule has 0 aliphatic heterocycles. The molecule has 9 heteroatoms. The molecule has 2 N–H and O–H groups in total. The number of aliphatic hydroxyl groups is 1. The number of phosphoric ester groups is 1. The van der Waals surface area contributed by atoms with Crippen LogP contribution < -0.4 is 10.2 Å². The van der Waals surface area contributed by atoms with Crippen LogP contribution in [0, 0.1) is 0 Å². The van der Waals surface area contributed by atoms with Crippen LogP contribution in [0.15, 0.2) is 48.6 Å². The fraction of sp³-hybridized carbons (Fsp3) is 0.878. The molecule has 0 fully saturated rings. The maximum absolute atomic E-state index is 13.0. The van der Waals surface area contributed by atoms with Crippen LogP contribution in [0.1, 0.15) is 367 Å². The SMILES string of the molecule is CCCCCCC/C=C\C/C=C\CCCCCCCCCCCCCCCCCCCCCCCC(=O)NC(COP(=O)([O-])OCC[N+](C)(C)C)C(O)/C=C/CC/C=C/CCCCCCCCCCCCCCCCCCCCCCCC. The van der Waals surface area contributed by atoms with Gasteiger partial charge in [0.15, 0.2) is 0 Å². The Morgan fingerprint density at radius 3 is 1.05 bits per heavy atom. The Hall–Kier alpha value is -1.54. The first-order valence-electron chi connectivity index (χ1n) is 36.5. The van der Waals surface area contributed by atoms with Crippen LogP contribution in [0.5, 0.6) is 0 Å². The molecule has 0 aliphatic rings. The lowest BCUT2D eigenvalue weighted by molar-refractivity contribution is -0.870. The Kier molecular flexibility index (Phi) is 63.7. The number of likely N-dealkylation sites (N-methyl/N-ethyl adjacent to an activating group) is 1. The van der Waals surface area contributed by atoms with Crippen molar-refractivity contribution in [2.45, 2.75) is 379 Å². The number of nitrogens with one attached hydrogen (secondary N) is 1. The molecular weight excluding hydrogens is 1040 g/mol. The molecule has 83 heavy (non-hydrogen) atoms. The smallest absolute Gasteiger partial charge is 0.268 e. The average molecular weight is 1190 g/mol. The highest BCUT2D eigenvalue weighted by atomic mass is 31.2. The Bertz CT molecular complexity index is 1490. The number of rotatable bonds is 68. The van der Waals surface area contributed by atoms with Crippen molar-refractivity contribution in [2.75, 3.05) is 40.9 Å². The van der Waals surface area contributed by atoms with Crippen LogP contribution >= 0.6 is 7.82 Å². The number of nitrogens with zero attached hydrogens (tertiary/aromatic N) is 1. The van der Waals surface area contributed by atoms with Crippen LogP contribution in [0.3, 0.4) is 0 Å². The van der Waals surface area contributed by atoms with E-state index in [0.717, 1.165) is 44.9 Å². The first kappa shape index (κ1) is 81.5. The van der Waals surface area contributed by atoms with Gasteiger partial charge in [-0.05, 0) is 64.2 Å². The van der Waals surface area contributed by atoms with Gasteiger partial charge < -0.3 is 28.8 Å². The predicted molar refractivity (Wildman–Crippen MR) is 362 cm³/mol. The molecule has 0 bridgehead atoms. The standard InChI is InChI=1S/C74H143N2O6P/c1-6-8-10-12-14-16-18-20-22-24-26-28-30-32-34-36-37-38-39-40-42-44-46-48-50-52-54-56-58-60-62-64-66-68-74(78)75-72(71-82-83(79,80)81-70-69-76(3,4)5)73(77)67-65-63-61-59-57-55-53-51-49-47-45-43-41-35-33-31-29-27-25-23-21-19-17-15-13-11-9-7-2/h18,20,24,26,57,59,65,67,72-73,77H,6-17,19,21-23,25,27-56,58,60-64,66,68-71H2,1-5H3,(H-,75,78,79,80)/b20-18-,26-24-,59-57+,67-65+. The highest BCUT2D eigenvalue weighted by Crippen LogP contribution is 2.38. The van der Waals surface area contributed by atoms with Gasteiger partial charge in [-0.1, -0.05) is 345 Å². The van der Waals surface area contributed by atoms with Crippen molar-refractivity contribution in [1.82, 2.24) is 5.32 Å². The number of aliphatic hydroxyl groups excluding tert-OH is 1. The molecule has 0 aliphatic carbocycles. The fourth-order valence-corrected chi connectivity index (χ4v) is 11.8. The lowest BCUT2D eigenvalue weighted by Gasteiger charge is -2.29. The maximum atomic E-state index is 13.0. The van der Waals surface area contributed by atoms with E-state index in [2.05, 4.69) is 55.6 Å². The van der Waals surface area contributed by atoms with E-state index in [1.54, 1.807) is 6.08 Å². The molecule has 3 unspecified atom stereocenters. The molecule has 8 nitrogen and oxygen atoms in total. The Balaban J connectivity index is 4.04. The van der Waals surface area contributed by atoms with E-state index < -0.39 is 20.0 Å². The van der Waals surface area contributed by atoms with Gasteiger partial charge in [0.2, 0.25) is 5.91 Å². The van der Waals surface area contributed by atoms with E-state index in [4.69, 9.17) is 9.05 Å². The van der Waals surface area contributed by atoms with Gasteiger partial charge in [0, 0.05) is 6.42 Å². The van der Waals surface area contributed by atoms with Gasteiger partial charge in [-0.3, -0.25) is 9.36 Å². The van der Waals surface area contributed by atoms with Crippen LogP contribution in [0.2, 0.25) is 0 Å². The zero-order valence-corrected chi connectivity index (χ0v) is 57.1. The second-order valence-electron chi connectivity index (χ2n) is 26.3. The number of carbonyl (C=O) groups excluding carboxylic acids is 1. The zero-order chi connectivity index (χ0) is 60.5. The second kappa shape index (κ2) is 64.9. The quantitative estimate of drug-likeness (QED) is 0.0272. The van der Waals surface area contributed by atoms with Gasteiger partial charge in [0.05, 0.1) is 39.9 Å². The summed E-state index contributed by atoms with van der Waals surface area (Å²) in [6.07, 6.45) is 88.2. The summed E-state index contributed by atoms with van der Waals surface area (Å²) < 4.78 is 23.5. The minimum Gasteiger partial charge on any atom is -0.756 e. The Morgan fingerprint density at radius 2 is 0.711 bits per heavy atom. The first-order chi connectivity index (χ1) is 40.5. The number of quaternary nitrogens is 1. The van der Waals surface area contributed by atoms with Crippen molar-refractivity contribution in [3.63, 3.8) is 0 Å². The van der Waals surface area contributed by atoms with Crippen molar-refractivity contribution >= 4 is 13.7 Å². The van der Waals surface area contributed by atoms with Gasteiger partial charge >= 0.3 is 0 Å². The molecule has 1 amide bonds. The molecule has 0 aromatic carbocycles. The molecule has 0 saturated carbocycles. The van der Waals surface area contributed by atoms with E-state index in [1.807, 2.05) is 27.2 Å². The van der Waals surface area contributed by atoms with Crippen LogP contribution in [-0.2, 0) is 18.4 Å². The molecule has 0 heterocycles. The number of amides is 1. The second-order valence-corrected chi connectivity index (χ2v) is 27.7. The maximum Gasteiger partial charge on any atom is 0.268 e. The summed E-state index contributed by atoms with van der Waals surface area (Å²) >= 11 is 0. The minimum absolute atomic E-state index is 0.00508. The first-order valence-corrected chi connectivity index (χ1v) is 38.0. The van der Waals surface area contributed by atoms with E-state index in [1.165, 1.54) is 302 Å². The Morgan fingerprint density at radius 1 is 0.422 bits per heavy atom. The lowest BCUT2D eigenvalue weighted by atomic mass is 10.0. The summed E-state index contributed by atoms with van der Waals surface area (Å²) in [6, 6.07) is -0.905. The summed E-state index contributed by atoms with van der Waals surface area (Å²) in [7, 11) is 1.26. The average Bonchev–Trinajstić information content (AvgIpc) is 3.49. The summed E-state index contributed by atoms with van der Waals surface area (Å²) in [5, 5.41) is 14.0.